The summed E-state index contributed by atoms with van der Waals surface area (Å²) < 4.78 is 5.85. The van der Waals surface area contributed by atoms with E-state index in [1.807, 2.05) is 42.5 Å². The van der Waals surface area contributed by atoms with Crippen molar-refractivity contribution in [1.29, 1.82) is 0 Å². The fourth-order valence-corrected chi connectivity index (χ4v) is 2.57. The predicted molar refractivity (Wildman–Crippen MR) is 88.2 cm³/mol. The minimum absolute atomic E-state index is 0.341. The quantitative estimate of drug-likeness (QED) is 0.698. The monoisotopic (exact) mass is 308 g/mol. The molecule has 0 amide bonds. The number of nitrogens with zero attached hydrogens (tertiary/aromatic N) is 2. The molecule has 0 aliphatic heterocycles. The molecule has 3 aromatic rings. The van der Waals surface area contributed by atoms with Gasteiger partial charge in [0, 0.05) is 11.6 Å². The van der Waals surface area contributed by atoms with Crippen molar-refractivity contribution >= 4 is 16.7 Å². The van der Waals surface area contributed by atoms with Crippen molar-refractivity contribution in [3.05, 3.63) is 65.0 Å². The van der Waals surface area contributed by atoms with Crippen molar-refractivity contribution in [3.8, 4) is 11.3 Å². The minimum Gasteiger partial charge on any atom is -0.467 e. The average molecular weight is 308 g/mol. The van der Waals surface area contributed by atoms with Gasteiger partial charge in [0.05, 0.1) is 12.8 Å². The van der Waals surface area contributed by atoms with E-state index in [2.05, 4.69) is 5.10 Å². The van der Waals surface area contributed by atoms with Gasteiger partial charge in [0.15, 0.2) is 6.04 Å². The number of fused-ring (bicyclic) bond motifs is 1. The van der Waals surface area contributed by atoms with Gasteiger partial charge < -0.3 is 4.74 Å². The summed E-state index contributed by atoms with van der Waals surface area (Å²) in [5, 5.41) is 6.49. The van der Waals surface area contributed by atoms with Crippen LogP contribution in [0.15, 0.2) is 59.4 Å². The topological polar surface area (TPSA) is 61.2 Å². The van der Waals surface area contributed by atoms with Gasteiger partial charge >= 0.3 is 5.97 Å². The normalized spacial score (nSPS) is 12.1. The van der Waals surface area contributed by atoms with Gasteiger partial charge in [0.2, 0.25) is 0 Å². The average Bonchev–Trinajstić information content (AvgIpc) is 2.60. The molecular weight excluding hydrogens is 292 g/mol. The lowest BCUT2D eigenvalue weighted by molar-refractivity contribution is -0.144. The summed E-state index contributed by atoms with van der Waals surface area (Å²) >= 11 is 0. The largest absolute Gasteiger partial charge is 0.467 e. The van der Waals surface area contributed by atoms with Crippen molar-refractivity contribution in [2.75, 3.05) is 7.11 Å². The van der Waals surface area contributed by atoms with Crippen molar-refractivity contribution < 1.29 is 9.53 Å². The maximum atomic E-state index is 12.0. The van der Waals surface area contributed by atoms with Gasteiger partial charge in [-0.2, -0.15) is 5.10 Å². The first kappa shape index (κ1) is 15.0. The highest BCUT2D eigenvalue weighted by Gasteiger charge is 2.18. The van der Waals surface area contributed by atoms with Crippen LogP contribution in [0.3, 0.4) is 0 Å². The molecule has 0 spiro atoms. The lowest BCUT2D eigenvalue weighted by Gasteiger charge is -2.13. The molecule has 0 radical (unpaired) electrons. The molecule has 5 nitrogen and oxygen atoms in total. The zero-order chi connectivity index (χ0) is 16.4. The summed E-state index contributed by atoms with van der Waals surface area (Å²) in [6.07, 6.45) is 0. The van der Waals surface area contributed by atoms with Gasteiger partial charge in [0.25, 0.3) is 5.56 Å². The summed E-state index contributed by atoms with van der Waals surface area (Å²) in [5.41, 5.74) is 1.21. The van der Waals surface area contributed by atoms with E-state index in [0.29, 0.717) is 5.69 Å². The Hall–Kier alpha value is -2.95. The predicted octanol–water partition coefficient (Wildman–Crippen LogP) is 2.80. The highest BCUT2D eigenvalue weighted by atomic mass is 16.5. The Kier molecular flexibility index (Phi) is 3.93. The van der Waals surface area contributed by atoms with E-state index in [1.165, 1.54) is 13.2 Å². The number of ether oxygens (including phenoxy) is 1. The molecule has 0 saturated heterocycles. The van der Waals surface area contributed by atoms with E-state index in [-0.39, 0.29) is 5.56 Å². The second kappa shape index (κ2) is 6.04. The van der Waals surface area contributed by atoms with Gasteiger partial charge in [0.1, 0.15) is 0 Å². The van der Waals surface area contributed by atoms with Crippen LogP contribution in [0, 0.1) is 0 Å². The van der Waals surface area contributed by atoms with Crippen molar-refractivity contribution in [2.45, 2.75) is 13.0 Å². The number of carbonyl (C=O) groups excluding carboxylic acids is 1. The second-order valence-corrected chi connectivity index (χ2v) is 5.23. The highest BCUT2D eigenvalue weighted by molar-refractivity contribution is 5.95. The third-order valence-corrected chi connectivity index (χ3v) is 3.80. The van der Waals surface area contributed by atoms with Crippen LogP contribution in [0.4, 0.5) is 0 Å². The Morgan fingerprint density at radius 1 is 1.09 bits per heavy atom. The summed E-state index contributed by atoms with van der Waals surface area (Å²) in [5.74, 6) is -0.505. The van der Waals surface area contributed by atoms with Crippen LogP contribution in [0.2, 0.25) is 0 Å². The highest BCUT2D eigenvalue weighted by Crippen LogP contribution is 2.26. The Labute approximate surface area is 133 Å². The van der Waals surface area contributed by atoms with Gasteiger partial charge in [-0.1, -0.05) is 42.5 Å². The number of hydrogen-bond acceptors (Lipinski definition) is 4. The van der Waals surface area contributed by atoms with Gasteiger partial charge in [-0.3, -0.25) is 4.79 Å². The van der Waals surface area contributed by atoms with E-state index < -0.39 is 12.0 Å². The van der Waals surface area contributed by atoms with Crippen LogP contribution < -0.4 is 5.56 Å². The minimum atomic E-state index is -0.776. The first-order valence-corrected chi connectivity index (χ1v) is 7.27. The Morgan fingerprint density at radius 2 is 1.83 bits per heavy atom. The standard InChI is InChI=1S/C18H16N2O3/c1-12(18(22)23-2)20-17(21)11-10-16(19-20)15-9-5-7-13-6-3-4-8-14(13)15/h3-12H,1-2H3/t12-/m0/s1. The molecule has 0 aliphatic carbocycles. The molecule has 0 N–H and O–H groups in total. The number of rotatable bonds is 3. The SMILES string of the molecule is COC(=O)[C@H](C)n1nc(-c2cccc3ccccc23)ccc1=O. The Bertz CT molecular complexity index is 925. The van der Waals surface area contributed by atoms with E-state index >= 15 is 0 Å². The summed E-state index contributed by atoms with van der Waals surface area (Å²) in [7, 11) is 1.29. The van der Waals surface area contributed by atoms with Crippen molar-refractivity contribution in [3.63, 3.8) is 0 Å². The van der Waals surface area contributed by atoms with Gasteiger partial charge in [-0.05, 0) is 23.8 Å². The molecule has 5 heteroatoms. The smallest absolute Gasteiger partial charge is 0.330 e. The van der Waals surface area contributed by atoms with Crippen LogP contribution in [0.5, 0.6) is 0 Å². The lowest BCUT2D eigenvalue weighted by Crippen LogP contribution is -2.30. The summed E-state index contributed by atoms with van der Waals surface area (Å²) in [6, 6.07) is 16.2. The molecule has 3 rings (SSSR count). The molecule has 1 heterocycles. The van der Waals surface area contributed by atoms with Crippen molar-refractivity contribution in [1.82, 2.24) is 9.78 Å². The molecule has 0 fully saturated rings. The zero-order valence-corrected chi connectivity index (χ0v) is 12.9. The summed E-state index contributed by atoms with van der Waals surface area (Å²) in [4.78, 5) is 23.7. The van der Waals surface area contributed by atoms with E-state index in [9.17, 15) is 9.59 Å². The number of methoxy groups -OCH3 is 1. The third-order valence-electron chi connectivity index (χ3n) is 3.80. The van der Waals surface area contributed by atoms with Crippen LogP contribution in [0.1, 0.15) is 13.0 Å². The summed E-state index contributed by atoms with van der Waals surface area (Å²) in [6.45, 7) is 1.59. The zero-order valence-electron chi connectivity index (χ0n) is 12.9. The fraction of sp³-hybridized carbons (Fsp3) is 0.167. The molecule has 116 valence electrons. The molecule has 1 atom stereocenters. The molecule has 0 saturated carbocycles. The van der Waals surface area contributed by atoms with Crippen LogP contribution in [0.25, 0.3) is 22.0 Å². The van der Waals surface area contributed by atoms with E-state index in [1.54, 1.807) is 13.0 Å². The molecule has 0 bridgehead atoms. The number of benzene rings is 2. The van der Waals surface area contributed by atoms with Crippen LogP contribution in [-0.4, -0.2) is 22.9 Å². The third kappa shape index (κ3) is 2.73. The number of hydrogen-bond donors (Lipinski definition) is 0. The molecule has 23 heavy (non-hydrogen) atoms. The maximum absolute atomic E-state index is 12.0. The molecule has 0 aliphatic rings. The molecule has 2 aromatic carbocycles. The van der Waals surface area contributed by atoms with Crippen LogP contribution in [-0.2, 0) is 9.53 Å². The number of carbonyl (C=O) groups is 1. The van der Waals surface area contributed by atoms with E-state index in [4.69, 9.17) is 4.74 Å². The maximum Gasteiger partial charge on any atom is 0.330 e. The lowest BCUT2D eigenvalue weighted by atomic mass is 10.0. The molecule has 0 unspecified atom stereocenters. The second-order valence-electron chi connectivity index (χ2n) is 5.23. The number of aromatic nitrogens is 2. The Balaban J connectivity index is 2.17. The van der Waals surface area contributed by atoms with Gasteiger partial charge in [-0.15, -0.1) is 0 Å². The number of esters is 1. The Morgan fingerprint density at radius 3 is 2.61 bits per heavy atom. The van der Waals surface area contributed by atoms with E-state index in [0.717, 1.165) is 21.0 Å². The first-order valence-electron chi connectivity index (χ1n) is 7.27. The van der Waals surface area contributed by atoms with Crippen LogP contribution >= 0.6 is 0 Å². The molecular formula is C18H16N2O3. The first-order chi connectivity index (χ1) is 11.1. The van der Waals surface area contributed by atoms with Gasteiger partial charge in [-0.25, -0.2) is 9.48 Å². The van der Waals surface area contributed by atoms with Crippen molar-refractivity contribution in [2.24, 2.45) is 0 Å². The fourth-order valence-electron chi connectivity index (χ4n) is 2.57. The molecule has 1 aromatic heterocycles.